The molecule has 0 saturated carbocycles. The van der Waals surface area contributed by atoms with Gasteiger partial charge in [0.2, 0.25) is 0 Å². The van der Waals surface area contributed by atoms with Gasteiger partial charge in [-0.15, -0.1) is 0 Å². The minimum atomic E-state index is 0.332. The number of thioether (sulfide) groups is 1. The second-order valence-corrected chi connectivity index (χ2v) is 5.65. The third-order valence-electron chi connectivity index (χ3n) is 2.56. The summed E-state index contributed by atoms with van der Waals surface area (Å²) < 4.78 is 5.44. The summed E-state index contributed by atoms with van der Waals surface area (Å²) in [7, 11) is 0. The second-order valence-electron chi connectivity index (χ2n) is 4.57. The summed E-state index contributed by atoms with van der Waals surface area (Å²) in [5, 5.41) is 0. The smallest absolute Gasteiger partial charge is 0.0509 e. The van der Waals surface area contributed by atoms with Crippen LogP contribution in [0, 0.1) is 11.8 Å². The van der Waals surface area contributed by atoms with E-state index < -0.39 is 0 Å². The zero-order valence-corrected chi connectivity index (χ0v) is 10.2. The Morgan fingerprint density at radius 1 is 1.43 bits per heavy atom. The predicted molar refractivity (Wildman–Crippen MR) is 63.7 cm³/mol. The van der Waals surface area contributed by atoms with Gasteiger partial charge < -0.3 is 10.5 Å². The van der Waals surface area contributed by atoms with Crippen LogP contribution in [0.15, 0.2) is 0 Å². The van der Waals surface area contributed by atoms with Gasteiger partial charge in [-0.3, -0.25) is 0 Å². The van der Waals surface area contributed by atoms with Crippen molar-refractivity contribution >= 4 is 11.8 Å². The van der Waals surface area contributed by atoms with Crippen molar-refractivity contribution in [3.63, 3.8) is 0 Å². The van der Waals surface area contributed by atoms with Gasteiger partial charge in [-0.25, -0.2) is 0 Å². The van der Waals surface area contributed by atoms with Crippen molar-refractivity contribution in [3.8, 4) is 0 Å². The topological polar surface area (TPSA) is 35.2 Å². The molecule has 1 heterocycles. The summed E-state index contributed by atoms with van der Waals surface area (Å²) >= 11 is 1.98. The van der Waals surface area contributed by atoms with Crippen LogP contribution in [0.3, 0.4) is 0 Å². The van der Waals surface area contributed by atoms with Crippen molar-refractivity contribution in [1.29, 1.82) is 0 Å². The van der Waals surface area contributed by atoms with Gasteiger partial charge in [-0.05, 0) is 30.4 Å². The van der Waals surface area contributed by atoms with Crippen molar-refractivity contribution in [2.45, 2.75) is 32.7 Å². The molecule has 1 aliphatic rings. The van der Waals surface area contributed by atoms with Crippen molar-refractivity contribution in [3.05, 3.63) is 0 Å². The maximum atomic E-state index is 6.13. The van der Waals surface area contributed by atoms with E-state index in [1.54, 1.807) is 0 Å². The van der Waals surface area contributed by atoms with E-state index in [1.807, 2.05) is 11.8 Å². The van der Waals surface area contributed by atoms with Gasteiger partial charge in [0.1, 0.15) is 0 Å². The highest BCUT2D eigenvalue weighted by atomic mass is 32.2. The number of hydrogen-bond donors (Lipinski definition) is 1. The zero-order valence-electron chi connectivity index (χ0n) is 9.37. The van der Waals surface area contributed by atoms with E-state index in [-0.39, 0.29) is 0 Å². The largest absolute Gasteiger partial charge is 0.381 e. The highest BCUT2D eigenvalue weighted by Crippen LogP contribution is 2.19. The SMILES string of the molecule is CC(C)CSCC(N)C1CCCOC1. The first-order valence-electron chi connectivity index (χ1n) is 5.61. The molecule has 0 aromatic rings. The van der Waals surface area contributed by atoms with Crippen molar-refractivity contribution in [2.24, 2.45) is 17.6 Å². The molecule has 0 aliphatic carbocycles. The Hall–Kier alpha value is 0.270. The number of rotatable bonds is 5. The second kappa shape index (κ2) is 6.70. The van der Waals surface area contributed by atoms with Crippen LogP contribution in [-0.2, 0) is 4.74 Å². The number of nitrogens with two attached hydrogens (primary N) is 1. The molecule has 2 N–H and O–H groups in total. The summed E-state index contributed by atoms with van der Waals surface area (Å²) in [6.07, 6.45) is 2.44. The Bertz CT molecular complexity index is 146. The van der Waals surface area contributed by atoms with Gasteiger partial charge in [0.25, 0.3) is 0 Å². The molecule has 14 heavy (non-hydrogen) atoms. The molecule has 84 valence electrons. The lowest BCUT2D eigenvalue weighted by Crippen LogP contribution is -2.37. The lowest BCUT2D eigenvalue weighted by molar-refractivity contribution is 0.0478. The van der Waals surface area contributed by atoms with Crippen LogP contribution < -0.4 is 5.73 Å². The van der Waals surface area contributed by atoms with Gasteiger partial charge >= 0.3 is 0 Å². The average Bonchev–Trinajstić information content (AvgIpc) is 2.18. The molecule has 1 saturated heterocycles. The van der Waals surface area contributed by atoms with E-state index in [0.29, 0.717) is 12.0 Å². The molecule has 2 nitrogen and oxygen atoms in total. The molecule has 2 unspecified atom stereocenters. The van der Waals surface area contributed by atoms with E-state index in [2.05, 4.69) is 13.8 Å². The van der Waals surface area contributed by atoms with E-state index in [1.165, 1.54) is 18.6 Å². The first-order chi connectivity index (χ1) is 6.70. The van der Waals surface area contributed by atoms with Gasteiger partial charge in [-0.1, -0.05) is 13.8 Å². The Morgan fingerprint density at radius 3 is 2.79 bits per heavy atom. The molecule has 0 spiro atoms. The van der Waals surface area contributed by atoms with E-state index in [0.717, 1.165) is 24.9 Å². The van der Waals surface area contributed by atoms with Crippen molar-refractivity contribution < 1.29 is 4.74 Å². The summed E-state index contributed by atoms with van der Waals surface area (Å²) in [5.74, 6) is 3.69. The molecular formula is C11H23NOS. The van der Waals surface area contributed by atoms with Crippen LogP contribution in [0.4, 0.5) is 0 Å². The summed E-state index contributed by atoms with van der Waals surface area (Å²) in [4.78, 5) is 0. The van der Waals surface area contributed by atoms with E-state index >= 15 is 0 Å². The molecule has 2 atom stereocenters. The first kappa shape index (κ1) is 12.3. The molecule has 0 aromatic heterocycles. The molecule has 3 heteroatoms. The highest BCUT2D eigenvalue weighted by Gasteiger charge is 2.20. The lowest BCUT2D eigenvalue weighted by Gasteiger charge is -2.27. The molecular weight excluding hydrogens is 194 g/mol. The van der Waals surface area contributed by atoms with E-state index in [4.69, 9.17) is 10.5 Å². The van der Waals surface area contributed by atoms with Gasteiger partial charge in [0, 0.05) is 18.4 Å². The Balaban J connectivity index is 2.10. The van der Waals surface area contributed by atoms with Crippen molar-refractivity contribution in [2.75, 3.05) is 24.7 Å². The molecule has 1 rings (SSSR count). The molecule has 0 bridgehead atoms. The third kappa shape index (κ3) is 4.67. The monoisotopic (exact) mass is 217 g/mol. The maximum Gasteiger partial charge on any atom is 0.0509 e. The standard InChI is InChI=1S/C11H23NOS/c1-9(2)7-14-8-11(12)10-4-3-5-13-6-10/h9-11H,3-8,12H2,1-2H3. The highest BCUT2D eigenvalue weighted by molar-refractivity contribution is 7.99. The molecule has 1 aliphatic heterocycles. The molecule has 0 radical (unpaired) electrons. The fraction of sp³-hybridized carbons (Fsp3) is 1.00. The van der Waals surface area contributed by atoms with Crippen LogP contribution >= 0.6 is 11.8 Å². The van der Waals surface area contributed by atoms with Gasteiger partial charge in [0.05, 0.1) is 6.61 Å². The van der Waals surface area contributed by atoms with Crippen LogP contribution in [0.2, 0.25) is 0 Å². The predicted octanol–water partition coefficient (Wildman–Crippen LogP) is 2.13. The zero-order chi connectivity index (χ0) is 10.4. The Morgan fingerprint density at radius 2 is 2.21 bits per heavy atom. The quantitative estimate of drug-likeness (QED) is 0.766. The minimum absolute atomic E-state index is 0.332. The third-order valence-corrected chi connectivity index (χ3v) is 4.09. The fourth-order valence-corrected chi connectivity index (χ4v) is 2.83. The first-order valence-corrected chi connectivity index (χ1v) is 6.76. The van der Waals surface area contributed by atoms with Gasteiger partial charge in [0.15, 0.2) is 0 Å². The van der Waals surface area contributed by atoms with Crippen LogP contribution in [0.5, 0.6) is 0 Å². The fourth-order valence-electron chi connectivity index (χ4n) is 1.68. The maximum absolute atomic E-state index is 6.13. The lowest BCUT2D eigenvalue weighted by atomic mass is 9.96. The van der Waals surface area contributed by atoms with Gasteiger partial charge in [-0.2, -0.15) is 11.8 Å². The normalized spacial score (nSPS) is 25.3. The molecule has 0 amide bonds. The van der Waals surface area contributed by atoms with Crippen LogP contribution in [0.1, 0.15) is 26.7 Å². The summed E-state index contributed by atoms with van der Waals surface area (Å²) in [6.45, 7) is 6.32. The summed E-state index contributed by atoms with van der Waals surface area (Å²) in [5.41, 5.74) is 6.13. The van der Waals surface area contributed by atoms with Crippen molar-refractivity contribution in [1.82, 2.24) is 0 Å². The Kier molecular flexibility index (Phi) is 5.90. The average molecular weight is 217 g/mol. The number of hydrogen-bond acceptors (Lipinski definition) is 3. The molecule has 0 aromatic carbocycles. The van der Waals surface area contributed by atoms with Crippen LogP contribution in [0.25, 0.3) is 0 Å². The Labute approximate surface area is 92.0 Å². The van der Waals surface area contributed by atoms with E-state index in [9.17, 15) is 0 Å². The summed E-state index contributed by atoms with van der Waals surface area (Å²) in [6, 6.07) is 0.332. The molecule has 1 fully saturated rings. The number of ether oxygens (including phenoxy) is 1. The minimum Gasteiger partial charge on any atom is -0.381 e. The van der Waals surface area contributed by atoms with Crippen LogP contribution in [-0.4, -0.2) is 30.8 Å².